The molecule has 0 bridgehead atoms. The summed E-state index contributed by atoms with van der Waals surface area (Å²) in [6.07, 6.45) is 0.477. The van der Waals surface area contributed by atoms with Gasteiger partial charge in [-0.15, -0.1) is 12.4 Å². The monoisotopic (exact) mass is 424 g/mol. The van der Waals surface area contributed by atoms with Crippen LogP contribution in [0.3, 0.4) is 0 Å². The third kappa shape index (κ3) is 4.97. The second-order valence-corrected chi connectivity index (χ2v) is 6.75. The summed E-state index contributed by atoms with van der Waals surface area (Å²) in [5, 5.41) is 6.46. The Balaban J connectivity index is 0.00000225. The summed E-state index contributed by atoms with van der Waals surface area (Å²) in [6.45, 7) is 3.25. The molecule has 0 aliphatic carbocycles. The number of carbonyl (C=O) groups excluding carboxylic acids is 1. The van der Waals surface area contributed by atoms with Crippen LogP contribution in [0.15, 0.2) is 53.0 Å². The van der Waals surface area contributed by atoms with Gasteiger partial charge in [0.1, 0.15) is 5.75 Å². The lowest BCUT2D eigenvalue weighted by atomic mass is 9.94. The molecule has 0 spiro atoms. The molecule has 134 valence electrons. The molecule has 4 nitrogen and oxygen atoms in total. The number of rotatable bonds is 5. The van der Waals surface area contributed by atoms with Crippen LogP contribution in [0.2, 0.25) is 0 Å². The molecule has 0 saturated heterocycles. The van der Waals surface area contributed by atoms with Crippen LogP contribution in [0.25, 0.3) is 0 Å². The summed E-state index contributed by atoms with van der Waals surface area (Å²) in [6, 6.07) is 16.1. The molecular weight excluding hydrogens is 404 g/mol. The van der Waals surface area contributed by atoms with Crippen molar-refractivity contribution in [3.8, 4) is 5.75 Å². The van der Waals surface area contributed by atoms with Crippen LogP contribution in [-0.2, 0) is 11.2 Å². The molecule has 2 unspecified atom stereocenters. The predicted molar refractivity (Wildman–Crippen MR) is 105 cm³/mol. The van der Waals surface area contributed by atoms with Crippen molar-refractivity contribution in [1.82, 2.24) is 10.6 Å². The molecular formula is C19H22BrClN2O2. The summed E-state index contributed by atoms with van der Waals surface area (Å²) in [5.74, 6) is 0.553. The molecule has 0 radical (unpaired) electrons. The third-order valence-electron chi connectivity index (χ3n) is 4.21. The van der Waals surface area contributed by atoms with E-state index < -0.39 is 6.10 Å². The Morgan fingerprint density at radius 3 is 2.80 bits per heavy atom. The molecule has 1 amide bonds. The summed E-state index contributed by atoms with van der Waals surface area (Å²) in [5.41, 5.74) is 2.62. The van der Waals surface area contributed by atoms with Crippen molar-refractivity contribution in [3.05, 3.63) is 64.1 Å². The number of carbonyl (C=O) groups is 1. The van der Waals surface area contributed by atoms with Gasteiger partial charge in [-0.3, -0.25) is 4.79 Å². The maximum Gasteiger partial charge on any atom is 0.260 e. The van der Waals surface area contributed by atoms with Gasteiger partial charge in [-0.25, -0.2) is 0 Å². The van der Waals surface area contributed by atoms with Crippen LogP contribution < -0.4 is 15.4 Å². The molecule has 2 aromatic rings. The van der Waals surface area contributed by atoms with Gasteiger partial charge < -0.3 is 15.4 Å². The summed E-state index contributed by atoms with van der Waals surface area (Å²) in [4.78, 5) is 12.3. The van der Waals surface area contributed by atoms with E-state index in [4.69, 9.17) is 4.74 Å². The van der Waals surface area contributed by atoms with Gasteiger partial charge in [0.15, 0.2) is 6.10 Å². The van der Waals surface area contributed by atoms with E-state index in [9.17, 15) is 4.79 Å². The zero-order chi connectivity index (χ0) is 16.9. The molecule has 0 aromatic heterocycles. The van der Waals surface area contributed by atoms with Gasteiger partial charge in [-0.05, 0) is 59.1 Å². The maximum atomic E-state index is 12.3. The van der Waals surface area contributed by atoms with Crippen molar-refractivity contribution in [2.45, 2.75) is 25.5 Å². The molecule has 1 heterocycles. The number of hydrogen-bond donors (Lipinski definition) is 2. The van der Waals surface area contributed by atoms with Crippen LogP contribution in [0, 0.1) is 0 Å². The minimum absolute atomic E-state index is 0. The highest BCUT2D eigenvalue weighted by Crippen LogP contribution is 2.25. The minimum Gasteiger partial charge on any atom is -0.480 e. The quantitative estimate of drug-likeness (QED) is 0.769. The third-order valence-corrected chi connectivity index (χ3v) is 4.86. The van der Waals surface area contributed by atoms with E-state index in [0.29, 0.717) is 12.3 Å². The van der Waals surface area contributed by atoms with E-state index in [1.165, 1.54) is 11.1 Å². The van der Waals surface area contributed by atoms with Crippen molar-refractivity contribution in [3.63, 3.8) is 0 Å². The summed E-state index contributed by atoms with van der Waals surface area (Å²) < 4.78 is 6.58. The highest BCUT2D eigenvalue weighted by atomic mass is 79.9. The van der Waals surface area contributed by atoms with Crippen LogP contribution in [0.5, 0.6) is 5.75 Å². The SMILES string of the molecule is CC(Oc1ccccc1Br)C(=O)NCC1NCCc2ccccc21.Cl. The molecule has 6 heteroatoms. The Hall–Kier alpha value is -1.56. The number of nitrogens with one attached hydrogen (secondary N) is 2. The lowest BCUT2D eigenvalue weighted by Crippen LogP contribution is -2.43. The minimum atomic E-state index is -0.553. The Bertz CT molecular complexity index is 726. The molecule has 1 aliphatic heterocycles. The van der Waals surface area contributed by atoms with Gasteiger partial charge in [0.2, 0.25) is 0 Å². The average molecular weight is 426 g/mol. The highest BCUT2D eigenvalue weighted by molar-refractivity contribution is 9.10. The van der Waals surface area contributed by atoms with E-state index in [2.05, 4.69) is 44.8 Å². The van der Waals surface area contributed by atoms with Gasteiger partial charge >= 0.3 is 0 Å². The molecule has 0 saturated carbocycles. The van der Waals surface area contributed by atoms with Gasteiger partial charge in [0.25, 0.3) is 5.91 Å². The zero-order valence-electron chi connectivity index (χ0n) is 14.0. The maximum absolute atomic E-state index is 12.3. The fourth-order valence-electron chi connectivity index (χ4n) is 2.91. The number of halogens is 2. The van der Waals surface area contributed by atoms with E-state index in [1.807, 2.05) is 30.3 Å². The summed E-state index contributed by atoms with van der Waals surface area (Å²) >= 11 is 3.43. The van der Waals surface area contributed by atoms with Crippen molar-refractivity contribution in [1.29, 1.82) is 0 Å². The lowest BCUT2D eigenvalue weighted by Gasteiger charge is -2.27. The van der Waals surface area contributed by atoms with E-state index in [-0.39, 0.29) is 24.4 Å². The standard InChI is InChI=1S/C19H21BrN2O2.ClH/c1-13(24-18-9-5-4-8-16(18)20)19(23)22-12-17-15-7-3-2-6-14(15)10-11-21-17;/h2-9,13,17,21H,10-12H2,1H3,(H,22,23);1H. The van der Waals surface area contributed by atoms with E-state index in [0.717, 1.165) is 17.4 Å². The van der Waals surface area contributed by atoms with E-state index in [1.54, 1.807) is 6.92 Å². The molecule has 3 rings (SSSR count). The van der Waals surface area contributed by atoms with Gasteiger partial charge in [0.05, 0.1) is 4.47 Å². The van der Waals surface area contributed by atoms with Crippen LogP contribution in [-0.4, -0.2) is 25.1 Å². The zero-order valence-corrected chi connectivity index (χ0v) is 16.4. The van der Waals surface area contributed by atoms with E-state index >= 15 is 0 Å². The normalized spacial score (nSPS) is 17.0. The van der Waals surface area contributed by atoms with Crippen LogP contribution in [0.1, 0.15) is 24.1 Å². The predicted octanol–water partition coefficient (Wildman–Crippen LogP) is 3.64. The fourth-order valence-corrected chi connectivity index (χ4v) is 3.28. The topological polar surface area (TPSA) is 50.4 Å². The Labute approximate surface area is 162 Å². The number of para-hydroxylation sites is 1. The Morgan fingerprint density at radius 1 is 1.28 bits per heavy atom. The molecule has 25 heavy (non-hydrogen) atoms. The molecule has 0 fully saturated rings. The van der Waals surface area contributed by atoms with Crippen LogP contribution in [0.4, 0.5) is 0 Å². The first-order valence-electron chi connectivity index (χ1n) is 8.15. The smallest absolute Gasteiger partial charge is 0.260 e. The molecule has 1 aliphatic rings. The van der Waals surface area contributed by atoms with Gasteiger partial charge in [0, 0.05) is 12.6 Å². The number of ether oxygens (including phenoxy) is 1. The van der Waals surface area contributed by atoms with Crippen LogP contribution >= 0.6 is 28.3 Å². The first kappa shape index (κ1) is 19.8. The Kier molecular flexibility index (Phi) is 7.29. The fraction of sp³-hybridized carbons (Fsp3) is 0.316. The average Bonchev–Trinajstić information content (AvgIpc) is 2.61. The van der Waals surface area contributed by atoms with Crippen molar-refractivity contribution in [2.75, 3.05) is 13.1 Å². The van der Waals surface area contributed by atoms with Gasteiger partial charge in [-0.2, -0.15) is 0 Å². The number of benzene rings is 2. The largest absolute Gasteiger partial charge is 0.480 e. The van der Waals surface area contributed by atoms with Crippen molar-refractivity contribution < 1.29 is 9.53 Å². The molecule has 2 N–H and O–H groups in total. The first-order chi connectivity index (χ1) is 11.6. The second-order valence-electron chi connectivity index (χ2n) is 5.89. The molecule has 2 atom stereocenters. The van der Waals surface area contributed by atoms with Crippen molar-refractivity contribution in [2.24, 2.45) is 0 Å². The number of fused-ring (bicyclic) bond motifs is 1. The lowest BCUT2D eigenvalue weighted by molar-refractivity contribution is -0.127. The second kappa shape index (κ2) is 9.22. The number of amides is 1. The van der Waals surface area contributed by atoms with Crippen molar-refractivity contribution >= 4 is 34.2 Å². The van der Waals surface area contributed by atoms with Gasteiger partial charge in [-0.1, -0.05) is 36.4 Å². The molecule has 2 aromatic carbocycles. The Morgan fingerprint density at radius 2 is 2.00 bits per heavy atom. The number of hydrogen-bond acceptors (Lipinski definition) is 3. The highest BCUT2D eigenvalue weighted by Gasteiger charge is 2.21. The summed E-state index contributed by atoms with van der Waals surface area (Å²) in [7, 11) is 0. The first-order valence-corrected chi connectivity index (χ1v) is 8.94.